The molecule has 6 nitrogen and oxygen atoms in total. The standard InChI is InChI=1S/C10H14N2O4.C2H6/c1-6(13)11-5-7-8(14)4-9(15-2)12-10(7)16-3;1-2/h4H,5H2,1-3H3,(H,11,13)(H,12,14);1-2H3. The molecule has 0 aliphatic rings. The Morgan fingerprint density at radius 3 is 2.39 bits per heavy atom. The number of methoxy groups -OCH3 is 2. The molecule has 6 heteroatoms. The smallest absolute Gasteiger partial charge is 0.217 e. The first-order valence-corrected chi connectivity index (χ1v) is 5.67. The molecule has 18 heavy (non-hydrogen) atoms. The molecule has 1 amide bonds. The maximum Gasteiger partial charge on any atom is 0.217 e. The molecule has 0 atom stereocenters. The van der Waals surface area contributed by atoms with E-state index in [-0.39, 0.29) is 23.8 Å². The van der Waals surface area contributed by atoms with Crippen LogP contribution < -0.4 is 20.2 Å². The van der Waals surface area contributed by atoms with Crippen LogP contribution in [0.5, 0.6) is 11.8 Å². The van der Waals surface area contributed by atoms with Gasteiger partial charge < -0.3 is 14.8 Å². The molecule has 1 aromatic heterocycles. The van der Waals surface area contributed by atoms with Gasteiger partial charge in [0.2, 0.25) is 11.8 Å². The molecule has 0 aliphatic heterocycles. The summed E-state index contributed by atoms with van der Waals surface area (Å²) < 4.78 is 9.91. The third kappa shape index (κ3) is 4.48. The molecule has 2 N–H and O–H groups in total. The van der Waals surface area contributed by atoms with Crippen LogP contribution in [0.2, 0.25) is 0 Å². The fourth-order valence-electron chi connectivity index (χ4n) is 1.21. The van der Waals surface area contributed by atoms with E-state index in [4.69, 9.17) is 9.47 Å². The summed E-state index contributed by atoms with van der Waals surface area (Å²) in [4.78, 5) is 25.2. The summed E-state index contributed by atoms with van der Waals surface area (Å²) in [5.74, 6) is 0.392. The average molecular weight is 256 g/mol. The Hall–Kier alpha value is -1.98. The van der Waals surface area contributed by atoms with E-state index in [2.05, 4.69) is 10.3 Å². The van der Waals surface area contributed by atoms with Gasteiger partial charge in [0.25, 0.3) is 0 Å². The Balaban J connectivity index is 0.00000137. The number of nitrogens with one attached hydrogen (secondary N) is 2. The first-order chi connectivity index (χ1) is 8.58. The summed E-state index contributed by atoms with van der Waals surface area (Å²) in [6.07, 6.45) is 0. The fourth-order valence-corrected chi connectivity index (χ4v) is 1.21. The number of carbonyl (C=O) groups is 1. The zero-order valence-corrected chi connectivity index (χ0v) is 11.4. The first-order valence-electron chi connectivity index (χ1n) is 5.67. The number of H-pyrrole nitrogens is 1. The summed E-state index contributed by atoms with van der Waals surface area (Å²) in [5, 5.41) is 2.54. The minimum Gasteiger partial charge on any atom is -0.482 e. The second-order valence-electron chi connectivity index (χ2n) is 3.12. The summed E-state index contributed by atoms with van der Waals surface area (Å²) in [6.45, 7) is 5.50. The second kappa shape index (κ2) is 8.16. The minimum absolute atomic E-state index is 0.123. The van der Waals surface area contributed by atoms with Crippen molar-refractivity contribution in [1.29, 1.82) is 0 Å². The van der Waals surface area contributed by atoms with Crippen LogP contribution in [0.25, 0.3) is 0 Å². The number of hydrogen-bond donors (Lipinski definition) is 2. The van der Waals surface area contributed by atoms with Gasteiger partial charge in [-0.15, -0.1) is 0 Å². The topological polar surface area (TPSA) is 80.4 Å². The van der Waals surface area contributed by atoms with Crippen molar-refractivity contribution in [2.24, 2.45) is 0 Å². The average Bonchev–Trinajstić information content (AvgIpc) is 2.38. The predicted molar refractivity (Wildman–Crippen MR) is 69.0 cm³/mol. The Kier molecular flexibility index (Phi) is 7.26. The number of amides is 1. The van der Waals surface area contributed by atoms with E-state index in [1.807, 2.05) is 13.8 Å². The molecule has 0 bridgehead atoms. The van der Waals surface area contributed by atoms with Crippen LogP contribution in [-0.4, -0.2) is 25.1 Å². The number of rotatable bonds is 4. The first kappa shape index (κ1) is 16.0. The Bertz CT molecular complexity index is 440. The summed E-state index contributed by atoms with van der Waals surface area (Å²) in [5.41, 5.74) is 0.111. The molecule has 0 saturated heterocycles. The van der Waals surface area contributed by atoms with Gasteiger partial charge in [0.1, 0.15) is 0 Å². The number of ether oxygens (including phenoxy) is 2. The van der Waals surface area contributed by atoms with E-state index in [1.165, 1.54) is 27.2 Å². The van der Waals surface area contributed by atoms with Crippen LogP contribution >= 0.6 is 0 Å². The molecule has 0 unspecified atom stereocenters. The molecule has 0 radical (unpaired) electrons. The maximum absolute atomic E-state index is 11.7. The lowest BCUT2D eigenvalue weighted by Gasteiger charge is -2.09. The summed E-state index contributed by atoms with van der Waals surface area (Å²) in [7, 11) is 2.88. The molecule has 0 fully saturated rings. The van der Waals surface area contributed by atoms with E-state index < -0.39 is 0 Å². The number of hydrogen-bond acceptors (Lipinski definition) is 4. The Morgan fingerprint density at radius 1 is 1.33 bits per heavy atom. The number of aromatic nitrogens is 1. The normalized spacial score (nSPS) is 8.94. The quantitative estimate of drug-likeness (QED) is 0.844. The Labute approximate surface area is 106 Å². The molecule has 0 spiro atoms. The van der Waals surface area contributed by atoms with Crippen LogP contribution in [-0.2, 0) is 11.3 Å². The van der Waals surface area contributed by atoms with Crippen molar-refractivity contribution in [3.05, 3.63) is 21.9 Å². The van der Waals surface area contributed by atoms with Gasteiger partial charge in [-0.1, -0.05) is 13.8 Å². The van der Waals surface area contributed by atoms with E-state index in [9.17, 15) is 9.59 Å². The van der Waals surface area contributed by atoms with Crippen LogP contribution in [0.15, 0.2) is 10.9 Å². The molecule has 0 saturated carbocycles. The maximum atomic E-state index is 11.7. The zero-order valence-electron chi connectivity index (χ0n) is 11.4. The van der Waals surface area contributed by atoms with Crippen molar-refractivity contribution in [2.75, 3.05) is 14.2 Å². The van der Waals surface area contributed by atoms with Crippen molar-refractivity contribution in [2.45, 2.75) is 27.3 Å². The van der Waals surface area contributed by atoms with E-state index in [1.54, 1.807) is 0 Å². The number of aromatic amines is 1. The van der Waals surface area contributed by atoms with Gasteiger partial charge in [-0.2, -0.15) is 0 Å². The van der Waals surface area contributed by atoms with Crippen LogP contribution in [0.1, 0.15) is 26.3 Å². The van der Waals surface area contributed by atoms with Gasteiger partial charge in [0.05, 0.1) is 26.3 Å². The van der Waals surface area contributed by atoms with Gasteiger partial charge in [-0.3, -0.25) is 14.6 Å². The van der Waals surface area contributed by atoms with Crippen LogP contribution in [0, 0.1) is 0 Å². The van der Waals surface area contributed by atoms with Crippen molar-refractivity contribution < 1.29 is 14.3 Å². The van der Waals surface area contributed by atoms with Gasteiger partial charge in [0, 0.05) is 13.0 Å². The largest absolute Gasteiger partial charge is 0.482 e. The van der Waals surface area contributed by atoms with Gasteiger partial charge >= 0.3 is 0 Å². The molecular weight excluding hydrogens is 236 g/mol. The lowest BCUT2D eigenvalue weighted by atomic mass is 10.2. The van der Waals surface area contributed by atoms with Crippen molar-refractivity contribution >= 4 is 5.91 Å². The molecule has 1 aromatic rings. The highest BCUT2D eigenvalue weighted by Gasteiger charge is 2.10. The van der Waals surface area contributed by atoms with Gasteiger partial charge in [0.15, 0.2) is 11.3 Å². The lowest BCUT2D eigenvalue weighted by Crippen LogP contribution is -2.24. The molecule has 1 rings (SSSR count). The van der Waals surface area contributed by atoms with E-state index in [0.29, 0.717) is 11.4 Å². The van der Waals surface area contributed by atoms with Gasteiger partial charge in [-0.25, -0.2) is 0 Å². The number of carbonyl (C=O) groups excluding carboxylic acids is 1. The van der Waals surface area contributed by atoms with Crippen LogP contribution in [0.3, 0.4) is 0 Å². The van der Waals surface area contributed by atoms with Crippen LogP contribution in [0.4, 0.5) is 0 Å². The van der Waals surface area contributed by atoms with E-state index in [0.717, 1.165) is 0 Å². The Morgan fingerprint density at radius 2 is 1.94 bits per heavy atom. The molecular formula is C12H20N2O4. The lowest BCUT2D eigenvalue weighted by molar-refractivity contribution is -0.119. The molecule has 0 aliphatic carbocycles. The molecule has 0 aromatic carbocycles. The van der Waals surface area contributed by atoms with E-state index >= 15 is 0 Å². The molecule has 102 valence electrons. The summed E-state index contributed by atoms with van der Waals surface area (Å²) in [6, 6.07) is 1.31. The van der Waals surface area contributed by atoms with Crippen molar-refractivity contribution in [3.63, 3.8) is 0 Å². The predicted octanol–water partition coefficient (Wildman–Crippen LogP) is 1.05. The van der Waals surface area contributed by atoms with Crippen molar-refractivity contribution in [3.8, 4) is 11.8 Å². The zero-order chi connectivity index (χ0) is 14.1. The highest BCUT2D eigenvalue weighted by Crippen LogP contribution is 2.15. The third-order valence-electron chi connectivity index (χ3n) is 2.01. The SMILES string of the molecule is CC.COc1cc(=O)c(CNC(C)=O)c(OC)[nH]1. The summed E-state index contributed by atoms with van der Waals surface area (Å²) >= 11 is 0. The van der Waals surface area contributed by atoms with Crippen molar-refractivity contribution in [1.82, 2.24) is 10.3 Å². The monoisotopic (exact) mass is 256 g/mol. The second-order valence-corrected chi connectivity index (χ2v) is 3.12. The minimum atomic E-state index is -0.249. The highest BCUT2D eigenvalue weighted by molar-refractivity contribution is 5.72. The molecule has 1 heterocycles. The fraction of sp³-hybridized carbons (Fsp3) is 0.500. The van der Waals surface area contributed by atoms with Gasteiger partial charge in [-0.05, 0) is 0 Å². The number of pyridine rings is 1. The third-order valence-corrected chi connectivity index (χ3v) is 2.01. The highest BCUT2D eigenvalue weighted by atomic mass is 16.5.